The number of nitriles is 1. The molecule has 0 amide bonds. The largest absolute Gasteiger partial charge is 0.479 e. The molecule has 1 unspecified atom stereocenters. The first-order chi connectivity index (χ1) is 8.98. The highest BCUT2D eigenvalue weighted by Crippen LogP contribution is 2.22. The summed E-state index contributed by atoms with van der Waals surface area (Å²) in [5, 5.41) is 12.0. The van der Waals surface area contributed by atoms with Gasteiger partial charge in [-0.25, -0.2) is 0 Å². The highest BCUT2D eigenvalue weighted by atomic mass is 32.2. The van der Waals surface area contributed by atoms with Crippen molar-refractivity contribution in [2.24, 2.45) is 0 Å². The number of rotatable bonds is 7. The minimum atomic E-state index is 0.0923. The summed E-state index contributed by atoms with van der Waals surface area (Å²) in [5.74, 6) is 0.738. The fourth-order valence-corrected chi connectivity index (χ4v) is 1.78. The summed E-state index contributed by atoms with van der Waals surface area (Å²) in [6, 6.07) is 10.2. The Morgan fingerprint density at radius 2 is 2.00 bits per heavy atom. The molecule has 1 aromatic carbocycles. The number of benzene rings is 1. The van der Waals surface area contributed by atoms with Crippen LogP contribution >= 0.6 is 11.8 Å². The summed E-state index contributed by atoms with van der Waals surface area (Å²) < 4.78 is 5.48. The van der Waals surface area contributed by atoms with Gasteiger partial charge in [0.1, 0.15) is 11.8 Å². The third-order valence-electron chi connectivity index (χ3n) is 3.07. The second-order valence-electron chi connectivity index (χ2n) is 5.08. The second kappa shape index (κ2) is 7.42. The summed E-state index contributed by atoms with van der Waals surface area (Å²) in [6.07, 6.45) is 2.13. The van der Waals surface area contributed by atoms with Crippen molar-refractivity contribution in [1.82, 2.24) is 5.32 Å². The van der Waals surface area contributed by atoms with Gasteiger partial charge in [-0.3, -0.25) is 0 Å². The smallest absolute Gasteiger partial charge is 0.174 e. The van der Waals surface area contributed by atoms with E-state index in [0.29, 0.717) is 6.04 Å². The molecule has 1 aromatic rings. The number of nitrogens with one attached hydrogen (secondary N) is 1. The Hall–Kier alpha value is -1.18. The van der Waals surface area contributed by atoms with Crippen LogP contribution in [0.5, 0.6) is 5.75 Å². The van der Waals surface area contributed by atoms with Crippen LogP contribution in [0.25, 0.3) is 0 Å². The molecule has 4 heteroatoms. The normalized spacial score (nSPS) is 12.8. The van der Waals surface area contributed by atoms with E-state index in [4.69, 9.17) is 10.00 Å². The molecule has 0 heterocycles. The molecule has 0 bridgehead atoms. The van der Waals surface area contributed by atoms with Gasteiger partial charge in [-0.2, -0.15) is 17.0 Å². The average molecular weight is 278 g/mol. The summed E-state index contributed by atoms with van der Waals surface area (Å²) in [4.78, 5) is 0. The molecule has 0 aliphatic rings. The van der Waals surface area contributed by atoms with Crippen molar-refractivity contribution >= 4 is 11.8 Å². The molecule has 1 N–H and O–H groups in total. The Kier molecular flexibility index (Phi) is 6.20. The van der Waals surface area contributed by atoms with Gasteiger partial charge in [-0.15, -0.1) is 0 Å². The van der Waals surface area contributed by atoms with Gasteiger partial charge >= 0.3 is 0 Å². The molecule has 1 atom stereocenters. The van der Waals surface area contributed by atoms with Crippen LogP contribution in [0.4, 0.5) is 0 Å². The van der Waals surface area contributed by atoms with Crippen molar-refractivity contribution in [2.75, 3.05) is 19.4 Å². The van der Waals surface area contributed by atoms with Gasteiger partial charge < -0.3 is 10.1 Å². The fourth-order valence-electron chi connectivity index (χ4n) is 1.56. The minimum absolute atomic E-state index is 0.0923. The molecule has 0 aromatic heterocycles. The maximum Gasteiger partial charge on any atom is 0.174 e. The molecule has 0 radical (unpaired) electrons. The van der Waals surface area contributed by atoms with Crippen molar-refractivity contribution in [2.45, 2.75) is 31.6 Å². The third kappa shape index (κ3) is 5.54. The van der Waals surface area contributed by atoms with E-state index >= 15 is 0 Å². The zero-order valence-electron chi connectivity index (χ0n) is 12.1. The van der Waals surface area contributed by atoms with Gasteiger partial charge in [0, 0.05) is 17.3 Å². The predicted molar refractivity (Wildman–Crippen MR) is 81.6 cm³/mol. The molecule has 104 valence electrons. The highest BCUT2D eigenvalue weighted by molar-refractivity contribution is 7.99. The Bertz CT molecular complexity index is 423. The molecule has 0 spiro atoms. The topological polar surface area (TPSA) is 45.0 Å². The highest BCUT2D eigenvalue weighted by Gasteiger charge is 2.17. The zero-order valence-corrected chi connectivity index (χ0v) is 12.9. The average Bonchev–Trinajstić information content (AvgIpc) is 2.43. The predicted octanol–water partition coefficient (Wildman–Crippen LogP) is 3.38. The first-order valence-corrected chi connectivity index (χ1v) is 7.59. The Morgan fingerprint density at radius 1 is 1.37 bits per heavy atom. The monoisotopic (exact) mass is 278 g/mol. The number of ether oxygens (including phenoxy) is 1. The van der Waals surface area contributed by atoms with Crippen molar-refractivity contribution in [3.63, 3.8) is 0 Å². The van der Waals surface area contributed by atoms with E-state index in [0.717, 1.165) is 12.3 Å². The summed E-state index contributed by atoms with van der Waals surface area (Å²) in [7, 11) is 0. The minimum Gasteiger partial charge on any atom is -0.479 e. The summed E-state index contributed by atoms with van der Waals surface area (Å²) in [6.45, 7) is 7.67. The molecule has 0 saturated carbocycles. The lowest BCUT2D eigenvalue weighted by Crippen LogP contribution is -2.33. The van der Waals surface area contributed by atoms with E-state index in [1.807, 2.05) is 42.1 Å². The lowest BCUT2D eigenvalue weighted by molar-refractivity contribution is 0.368. The van der Waals surface area contributed by atoms with Crippen molar-refractivity contribution in [1.29, 1.82) is 5.26 Å². The first kappa shape index (κ1) is 15.9. The summed E-state index contributed by atoms with van der Waals surface area (Å²) >= 11 is 1.86. The van der Waals surface area contributed by atoms with Crippen LogP contribution < -0.4 is 10.1 Å². The SMILES string of the molecule is CSC(C)(C)CNC(C)c1ccc(OCC#N)cc1. The van der Waals surface area contributed by atoms with E-state index < -0.39 is 0 Å². The number of nitrogens with zero attached hydrogens (tertiary/aromatic N) is 1. The molecule has 0 fully saturated rings. The Balaban J connectivity index is 2.53. The van der Waals surface area contributed by atoms with Crippen molar-refractivity contribution < 1.29 is 4.74 Å². The van der Waals surface area contributed by atoms with E-state index in [-0.39, 0.29) is 11.4 Å². The Labute approximate surface area is 120 Å². The van der Waals surface area contributed by atoms with Crippen LogP contribution in [-0.2, 0) is 0 Å². The van der Waals surface area contributed by atoms with E-state index in [1.165, 1.54) is 5.56 Å². The Morgan fingerprint density at radius 3 is 2.53 bits per heavy atom. The van der Waals surface area contributed by atoms with E-state index in [2.05, 4.69) is 32.3 Å². The third-order valence-corrected chi connectivity index (χ3v) is 4.32. The maximum atomic E-state index is 8.45. The summed E-state index contributed by atoms with van der Waals surface area (Å²) in [5.41, 5.74) is 1.22. The molecule has 19 heavy (non-hydrogen) atoms. The van der Waals surface area contributed by atoms with E-state index in [9.17, 15) is 0 Å². The van der Waals surface area contributed by atoms with Crippen LogP contribution in [-0.4, -0.2) is 24.2 Å². The molecule has 0 aliphatic heterocycles. The van der Waals surface area contributed by atoms with Crippen LogP contribution in [0.15, 0.2) is 24.3 Å². The molecule has 1 rings (SSSR count). The standard InChI is InChI=1S/C15H22N2OS/c1-12(17-11-15(2,3)19-4)13-5-7-14(8-6-13)18-10-9-16/h5-8,12,17H,10-11H2,1-4H3. The van der Waals surface area contributed by atoms with Gasteiger partial charge in [0.25, 0.3) is 0 Å². The van der Waals surface area contributed by atoms with Crippen molar-refractivity contribution in [3.8, 4) is 11.8 Å². The van der Waals surface area contributed by atoms with Gasteiger partial charge in [0.15, 0.2) is 6.61 Å². The molecular formula is C15H22N2OS. The molecule has 3 nitrogen and oxygen atoms in total. The van der Waals surface area contributed by atoms with Crippen LogP contribution in [0.1, 0.15) is 32.4 Å². The van der Waals surface area contributed by atoms with Crippen molar-refractivity contribution in [3.05, 3.63) is 29.8 Å². The van der Waals surface area contributed by atoms with Gasteiger partial charge in [-0.1, -0.05) is 12.1 Å². The second-order valence-corrected chi connectivity index (χ2v) is 6.60. The lowest BCUT2D eigenvalue weighted by atomic mass is 10.1. The molecule has 0 saturated heterocycles. The lowest BCUT2D eigenvalue weighted by Gasteiger charge is -2.25. The fraction of sp³-hybridized carbons (Fsp3) is 0.533. The van der Waals surface area contributed by atoms with Gasteiger partial charge in [0.2, 0.25) is 0 Å². The van der Waals surface area contributed by atoms with Crippen LogP contribution in [0.2, 0.25) is 0 Å². The number of hydrogen-bond acceptors (Lipinski definition) is 4. The van der Waals surface area contributed by atoms with Gasteiger partial charge in [0.05, 0.1) is 0 Å². The first-order valence-electron chi connectivity index (χ1n) is 6.37. The quantitative estimate of drug-likeness (QED) is 0.830. The molecule has 0 aliphatic carbocycles. The van der Waals surface area contributed by atoms with Crippen LogP contribution in [0.3, 0.4) is 0 Å². The van der Waals surface area contributed by atoms with E-state index in [1.54, 1.807) is 0 Å². The maximum absolute atomic E-state index is 8.45. The van der Waals surface area contributed by atoms with Gasteiger partial charge in [-0.05, 0) is 44.7 Å². The number of hydrogen-bond donors (Lipinski definition) is 1. The number of thioether (sulfide) groups is 1. The zero-order chi connectivity index (χ0) is 14.3. The molecular weight excluding hydrogens is 256 g/mol. The van der Waals surface area contributed by atoms with Crippen LogP contribution in [0, 0.1) is 11.3 Å².